The Labute approximate surface area is 186 Å². The van der Waals surface area contributed by atoms with E-state index < -0.39 is 0 Å². The maximum Gasteiger partial charge on any atom is 0.216 e. The normalized spacial score (nSPS) is 11.9. The quantitative estimate of drug-likeness (QED) is 0.271. The van der Waals surface area contributed by atoms with Gasteiger partial charge in [-0.25, -0.2) is 9.98 Å². The summed E-state index contributed by atoms with van der Waals surface area (Å²) in [6.07, 6.45) is 4.27. The van der Waals surface area contributed by atoms with Crippen LogP contribution in [-0.2, 0) is 24.9 Å². The van der Waals surface area contributed by atoms with Crippen molar-refractivity contribution in [3.05, 3.63) is 64.4 Å². The summed E-state index contributed by atoms with van der Waals surface area (Å²) >= 11 is 1.72. The van der Waals surface area contributed by atoms with E-state index in [1.807, 2.05) is 18.2 Å². The number of thiophene rings is 1. The number of halogens is 1. The van der Waals surface area contributed by atoms with Gasteiger partial charge in [0.25, 0.3) is 0 Å². The first-order valence-corrected chi connectivity index (χ1v) is 9.91. The SMILES string of the molecule is CC(C)(C)c1cnc(CN=C(NCCc2ccco2)NCc2cccs2)o1.I. The molecule has 3 rings (SSSR count). The maximum absolute atomic E-state index is 5.83. The van der Waals surface area contributed by atoms with Crippen molar-refractivity contribution in [1.29, 1.82) is 0 Å². The molecule has 6 nitrogen and oxygen atoms in total. The highest BCUT2D eigenvalue weighted by molar-refractivity contribution is 14.0. The molecule has 0 amide bonds. The first-order valence-electron chi connectivity index (χ1n) is 9.03. The Kier molecular flexibility index (Phi) is 8.56. The van der Waals surface area contributed by atoms with Gasteiger partial charge < -0.3 is 19.5 Å². The van der Waals surface area contributed by atoms with Gasteiger partial charge in [0.2, 0.25) is 5.89 Å². The molecule has 28 heavy (non-hydrogen) atoms. The number of hydrogen-bond acceptors (Lipinski definition) is 5. The molecule has 0 aliphatic rings. The Morgan fingerprint density at radius 2 is 2.07 bits per heavy atom. The fraction of sp³-hybridized carbons (Fsp3) is 0.400. The van der Waals surface area contributed by atoms with Gasteiger partial charge in [0.05, 0.1) is 19.0 Å². The molecule has 0 bridgehead atoms. The van der Waals surface area contributed by atoms with Crippen molar-refractivity contribution in [3.8, 4) is 0 Å². The minimum absolute atomic E-state index is 0. The Bertz CT molecular complexity index is 836. The maximum atomic E-state index is 5.83. The number of oxazole rings is 1. The zero-order chi connectivity index (χ0) is 19.1. The highest BCUT2D eigenvalue weighted by atomic mass is 127. The summed E-state index contributed by atoms with van der Waals surface area (Å²) in [6, 6.07) is 8.01. The van der Waals surface area contributed by atoms with Crippen LogP contribution in [-0.4, -0.2) is 17.5 Å². The summed E-state index contributed by atoms with van der Waals surface area (Å²) in [5, 5.41) is 8.77. The second kappa shape index (κ2) is 10.7. The molecular formula is C20H27IN4O2S. The molecule has 3 heterocycles. The number of nitrogens with one attached hydrogen (secondary N) is 2. The van der Waals surface area contributed by atoms with Crippen molar-refractivity contribution in [3.63, 3.8) is 0 Å². The number of aromatic nitrogens is 1. The third-order valence-corrected chi connectivity index (χ3v) is 4.80. The minimum atomic E-state index is -0.0590. The lowest BCUT2D eigenvalue weighted by atomic mass is 9.94. The van der Waals surface area contributed by atoms with E-state index in [-0.39, 0.29) is 29.4 Å². The monoisotopic (exact) mass is 514 g/mol. The summed E-state index contributed by atoms with van der Waals surface area (Å²) in [4.78, 5) is 10.2. The number of hydrogen-bond donors (Lipinski definition) is 2. The Morgan fingerprint density at radius 3 is 2.71 bits per heavy atom. The molecular weight excluding hydrogens is 487 g/mol. The van der Waals surface area contributed by atoms with Gasteiger partial charge in [-0.1, -0.05) is 26.8 Å². The predicted octanol–water partition coefficient (Wildman–Crippen LogP) is 4.72. The van der Waals surface area contributed by atoms with Crippen LogP contribution in [0.15, 0.2) is 55.9 Å². The molecule has 2 N–H and O–H groups in total. The Hall–Kier alpha value is -1.81. The molecule has 0 radical (unpaired) electrons. The fourth-order valence-electron chi connectivity index (χ4n) is 2.39. The summed E-state index contributed by atoms with van der Waals surface area (Å²) in [5.41, 5.74) is -0.0590. The largest absolute Gasteiger partial charge is 0.469 e. The number of guanidine groups is 1. The van der Waals surface area contributed by atoms with E-state index in [4.69, 9.17) is 8.83 Å². The molecule has 0 fully saturated rings. The van der Waals surface area contributed by atoms with E-state index in [2.05, 4.69) is 52.8 Å². The molecule has 3 aromatic rings. The summed E-state index contributed by atoms with van der Waals surface area (Å²) in [7, 11) is 0. The van der Waals surface area contributed by atoms with E-state index in [1.165, 1.54) is 4.88 Å². The number of furan rings is 1. The molecule has 0 aliphatic heterocycles. The van der Waals surface area contributed by atoms with Crippen LogP contribution in [0.2, 0.25) is 0 Å². The van der Waals surface area contributed by atoms with Gasteiger partial charge in [-0.2, -0.15) is 0 Å². The molecule has 8 heteroatoms. The van der Waals surface area contributed by atoms with E-state index in [9.17, 15) is 0 Å². The number of nitrogens with zero attached hydrogens (tertiary/aromatic N) is 2. The van der Waals surface area contributed by atoms with E-state index in [1.54, 1.807) is 23.8 Å². The lowest BCUT2D eigenvalue weighted by molar-refractivity contribution is 0.383. The van der Waals surface area contributed by atoms with E-state index >= 15 is 0 Å². The van der Waals surface area contributed by atoms with Crippen LogP contribution in [0.5, 0.6) is 0 Å². The first-order chi connectivity index (χ1) is 13.0. The van der Waals surface area contributed by atoms with Gasteiger partial charge in [0.15, 0.2) is 5.96 Å². The smallest absolute Gasteiger partial charge is 0.216 e. The topological polar surface area (TPSA) is 75.6 Å². The van der Waals surface area contributed by atoms with Crippen molar-refractivity contribution < 1.29 is 8.83 Å². The zero-order valence-electron chi connectivity index (χ0n) is 16.4. The molecule has 3 aromatic heterocycles. The molecule has 152 valence electrons. The molecule has 0 saturated carbocycles. The van der Waals surface area contributed by atoms with Crippen LogP contribution in [0.25, 0.3) is 0 Å². The van der Waals surface area contributed by atoms with Gasteiger partial charge in [-0.3, -0.25) is 0 Å². The van der Waals surface area contributed by atoms with Crippen molar-refractivity contribution in [2.75, 3.05) is 6.54 Å². The van der Waals surface area contributed by atoms with Crippen LogP contribution >= 0.6 is 35.3 Å². The Balaban J connectivity index is 0.00000280. The van der Waals surface area contributed by atoms with Gasteiger partial charge in [0.1, 0.15) is 18.1 Å². The summed E-state index contributed by atoms with van der Waals surface area (Å²) in [6.45, 7) is 8.14. The standard InChI is InChI=1S/C20H26N4O2S.HI/c1-20(2,3)17-13-22-18(26-17)14-24-19(23-12-16-7-5-11-27-16)21-9-8-15-6-4-10-25-15;/h4-7,10-11,13H,8-9,12,14H2,1-3H3,(H2,21,23,24);1H. The van der Waals surface area contributed by atoms with Crippen molar-refractivity contribution in [2.45, 2.75) is 45.7 Å². The molecule has 0 aromatic carbocycles. The summed E-state index contributed by atoms with van der Waals surface area (Å²) in [5.74, 6) is 3.16. The predicted molar refractivity (Wildman–Crippen MR) is 123 cm³/mol. The lowest BCUT2D eigenvalue weighted by Gasteiger charge is -2.13. The number of rotatable bonds is 7. The van der Waals surface area contributed by atoms with Crippen LogP contribution in [0, 0.1) is 0 Å². The van der Waals surface area contributed by atoms with Crippen LogP contribution < -0.4 is 10.6 Å². The minimum Gasteiger partial charge on any atom is -0.469 e. The van der Waals surface area contributed by atoms with Gasteiger partial charge >= 0.3 is 0 Å². The third kappa shape index (κ3) is 6.97. The summed E-state index contributed by atoms with van der Waals surface area (Å²) < 4.78 is 11.2. The van der Waals surface area contributed by atoms with Crippen LogP contribution in [0.1, 0.15) is 43.1 Å². The lowest BCUT2D eigenvalue weighted by Crippen LogP contribution is -2.38. The molecule has 0 saturated heterocycles. The van der Waals surface area contributed by atoms with Gasteiger partial charge in [0, 0.05) is 23.3 Å². The van der Waals surface area contributed by atoms with Crippen molar-refractivity contribution >= 4 is 41.3 Å². The van der Waals surface area contributed by atoms with Crippen LogP contribution in [0.3, 0.4) is 0 Å². The van der Waals surface area contributed by atoms with E-state index in [0.29, 0.717) is 12.4 Å². The van der Waals surface area contributed by atoms with Crippen molar-refractivity contribution in [1.82, 2.24) is 15.6 Å². The molecule has 0 unspecified atom stereocenters. The average molecular weight is 514 g/mol. The highest BCUT2D eigenvalue weighted by Gasteiger charge is 2.19. The fourth-order valence-corrected chi connectivity index (χ4v) is 3.04. The van der Waals surface area contributed by atoms with Gasteiger partial charge in [-0.15, -0.1) is 35.3 Å². The van der Waals surface area contributed by atoms with Crippen LogP contribution in [0.4, 0.5) is 0 Å². The second-order valence-corrected chi connectivity index (χ2v) is 8.25. The van der Waals surface area contributed by atoms with Gasteiger partial charge in [-0.05, 0) is 23.6 Å². The molecule has 0 aliphatic carbocycles. The van der Waals surface area contributed by atoms with Crippen molar-refractivity contribution in [2.24, 2.45) is 4.99 Å². The third-order valence-electron chi connectivity index (χ3n) is 3.92. The zero-order valence-corrected chi connectivity index (χ0v) is 19.5. The van der Waals surface area contributed by atoms with E-state index in [0.717, 1.165) is 37.0 Å². The second-order valence-electron chi connectivity index (χ2n) is 7.22. The highest BCUT2D eigenvalue weighted by Crippen LogP contribution is 2.22. The average Bonchev–Trinajstić information content (AvgIpc) is 3.39. The molecule has 0 atom stereocenters. The first kappa shape index (κ1) is 22.5. The Morgan fingerprint density at radius 1 is 1.21 bits per heavy atom. The molecule has 0 spiro atoms. The number of aliphatic imine (C=N–C) groups is 1.